The van der Waals surface area contributed by atoms with Crippen molar-refractivity contribution in [3.8, 4) is 0 Å². The first-order valence-electron chi connectivity index (χ1n) is 12.6. The third kappa shape index (κ3) is 10.6. The van der Waals surface area contributed by atoms with Crippen LogP contribution in [0.3, 0.4) is 0 Å². The van der Waals surface area contributed by atoms with E-state index in [1.54, 1.807) is 32.0 Å². The maximum atomic E-state index is 13.1. The minimum absolute atomic E-state index is 0.0522. The number of hydrogen-bond acceptors (Lipinski definition) is 6. The van der Waals surface area contributed by atoms with Crippen LogP contribution in [-0.2, 0) is 20.6 Å². The lowest BCUT2D eigenvalue weighted by Crippen LogP contribution is -2.54. The lowest BCUT2D eigenvalue weighted by Gasteiger charge is -2.36. The van der Waals surface area contributed by atoms with E-state index >= 15 is 0 Å². The molecular weight excluding hydrogens is 508 g/mol. The van der Waals surface area contributed by atoms with Crippen LogP contribution in [0.25, 0.3) is 0 Å². The van der Waals surface area contributed by atoms with Crippen LogP contribution in [0.15, 0.2) is 18.2 Å². The van der Waals surface area contributed by atoms with Crippen LogP contribution in [0.1, 0.15) is 53.0 Å². The van der Waals surface area contributed by atoms with Gasteiger partial charge in [-0.05, 0) is 54.6 Å². The predicted octanol–water partition coefficient (Wildman–Crippen LogP) is 2.95. The van der Waals surface area contributed by atoms with Gasteiger partial charge in [-0.25, -0.2) is 9.59 Å². The number of rotatable bonds is 13. The number of amides is 5. The number of primary amides is 1. The summed E-state index contributed by atoms with van der Waals surface area (Å²) >= 11 is 0. The lowest BCUT2D eigenvalue weighted by molar-refractivity contribution is -0.128. The monoisotopic (exact) mass is 552 g/mol. The Hall–Kier alpha value is -3.32. The average molecular weight is 553 g/mol. The second kappa shape index (κ2) is 14.0. The van der Waals surface area contributed by atoms with Gasteiger partial charge in [-0.15, -0.1) is 0 Å². The maximum absolute atomic E-state index is 13.1. The second-order valence-corrected chi connectivity index (χ2v) is 15.9. The van der Waals surface area contributed by atoms with Crippen molar-refractivity contribution in [2.45, 2.75) is 84.3 Å². The highest BCUT2D eigenvalue weighted by Crippen LogP contribution is 2.37. The number of hydrogen-bond donors (Lipinski definition) is 7. The molecule has 1 rings (SSSR count). The predicted molar refractivity (Wildman–Crippen MR) is 150 cm³/mol. The third-order valence-corrected chi connectivity index (χ3v) is 11.1. The van der Waals surface area contributed by atoms with Crippen molar-refractivity contribution in [1.29, 1.82) is 0 Å². The van der Waals surface area contributed by atoms with Crippen molar-refractivity contribution in [3.05, 3.63) is 23.8 Å². The normalized spacial score (nSPS) is 13.4. The smallest absolute Gasteiger partial charge is 0.405 e. The van der Waals surface area contributed by atoms with Crippen molar-refractivity contribution in [2.24, 2.45) is 11.7 Å². The molecule has 12 nitrogen and oxygen atoms in total. The van der Waals surface area contributed by atoms with Crippen LogP contribution in [0.4, 0.5) is 21.0 Å². The van der Waals surface area contributed by atoms with Gasteiger partial charge in [0.05, 0.1) is 6.61 Å². The molecule has 0 aliphatic heterocycles. The zero-order chi connectivity index (χ0) is 29.3. The maximum Gasteiger partial charge on any atom is 0.405 e. The molecule has 2 unspecified atom stereocenters. The number of nitrogens with one attached hydrogen (secondary N) is 4. The van der Waals surface area contributed by atoms with Crippen LogP contribution >= 0.6 is 0 Å². The quantitative estimate of drug-likeness (QED) is 0.111. The van der Waals surface area contributed by atoms with E-state index in [0.717, 1.165) is 5.56 Å². The largest absolute Gasteiger partial charge is 0.465 e. The Morgan fingerprint density at radius 2 is 1.71 bits per heavy atom. The van der Waals surface area contributed by atoms with Gasteiger partial charge in [0.15, 0.2) is 8.32 Å². The standard InChI is InChI=1S/C25H44N6O6Si/c1-15(2)20(31-24(35)36)22(33)30-19(9-8-12-28-23(27)34)21(32)29-17-11-10-16(18(26)13-17)14-37-38(6,7)25(3,4)5/h10-11,13,15,19-20,31H,8-9,12,14,26H2,1-7H3,(H,29,32)(H,30,33)(H,35,36)(H3,27,28,34). The summed E-state index contributed by atoms with van der Waals surface area (Å²) in [6.07, 6.45) is -0.839. The number of nitrogens with two attached hydrogens (primary N) is 2. The van der Waals surface area contributed by atoms with Crippen LogP contribution in [-0.4, -0.2) is 56.0 Å². The molecule has 0 aliphatic rings. The Kier molecular flexibility index (Phi) is 12.1. The molecule has 0 aromatic heterocycles. The van der Waals surface area contributed by atoms with E-state index in [1.807, 2.05) is 0 Å². The van der Waals surface area contributed by atoms with E-state index in [9.17, 15) is 19.2 Å². The number of carboxylic acid groups (broad SMARTS) is 1. The Bertz CT molecular complexity index is 995. The molecular formula is C25H44N6O6Si. The molecule has 0 heterocycles. The Morgan fingerprint density at radius 1 is 1.08 bits per heavy atom. The highest BCUT2D eigenvalue weighted by atomic mass is 28.4. The molecule has 38 heavy (non-hydrogen) atoms. The van der Waals surface area contributed by atoms with Crippen molar-refractivity contribution in [3.63, 3.8) is 0 Å². The summed E-state index contributed by atoms with van der Waals surface area (Å²) in [5.74, 6) is -1.50. The van der Waals surface area contributed by atoms with Gasteiger partial charge in [-0.1, -0.05) is 40.7 Å². The first-order valence-corrected chi connectivity index (χ1v) is 15.5. The molecule has 0 bridgehead atoms. The SMILES string of the molecule is CC(C)C(NC(=O)O)C(=O)NC(CCCNC(N)=O)C(=O)Nc1ccc(CO[Si](C)(C)C(C)(C)C)c(N)c1. The van der Waals surface area contributed by atoms with Gasteiger partial charge in [-0.3, -0.25) is 9.59 Å². The Morgan fingerprint density at radius 3 is 2.21 bits per heavy atom. The summed E-state index contributed by atoms with van der Waals surface area (Å²) in [6, 6.07) is 2.36. The molecule has 5 amide bonds. The zero-order valence-electron chi connectivity index (χ0n) is 23.4. The van der Waals surface area contributed by atoms with Gasteiger partial charge in [0, 0.05) is 17.9 Å². The first-order chi connectivity index (χ1) is 17.4. The van der Waals surface area contributed by atoms with E-state index < -0.39 is 44.3 Å². The summed E-state index contributed by atoms with van der Waals surface area (Å²) in [4.78, 5) is 48.0. The van der Waals surface area contributed by atoms with E-state index in [0.29, 0.717) is 24.4 Å². The third-order valence-electron chi connectivity index (χ3n) is 6.64. The summed E-state index contributed by atoms with van der Waals surface area (Å²) in [7, 11) is -1.97. The van der Waals surface area contributed by atoms with E-state index in [1.165, 1.54) is 0 Å². The first kappa shape index (κ1) is 32.7. The number of urea groups is 1. The molecule has 1 aromatic rings. The fourth-order valence-electron chi connectivity index (χ4n) is 3.22. The molecule has 0 saturated carbocycles. The van der Waals surface area contributed by atoms with Crippen molar-refractivity contribution >= 4 is 43.6 Å². The second-order valence-electron chi connectivity index (χ2n) is 11.1. The fraction of sp³-hybridized carbons (Fsp3) is 0.600. The Labute approximate surface area is 225 Å². The van der Waals surface area contributed by atoms with Crippen molar-refractivity contribution in [1.82, 2.24) is 16.0 Å². The molecule has 0 fully saturated rings. The highest BCUT2D eigenvalue weighted by Gasteiger charge is 2.37. The van der Waals surface area contributed by atoms with Crippen LogP contribution < -0.4 is 32.7 Å². The zero-order valence-corrected chi connectivity index (χ0v) is 24.4. The van der Waals surface area contributed by atoms with Gasteiger partial charge in [0.2, 0.25) is 11.8 Å². The molecule has 0 saturated heterocycles. The Balaban J connectivity index is 2.99. The molecule has 2 atom stereocenters. The summed E-state index contributed by atoms with van der Waals surface area (Å²) < 4.78 is 6.24. The van der Waals surface area contributed by atoms with Crippen molar-refractivity contribution < 1.29 is 28.7 Å². The van der Waals surface area contributed by atoms with Crippen LogP contribution in [0, 0.1) is 5.92 Å². The minimum atomic E-state index is -1.97. The number of carbonyl (C=O) groups is 4. The molecule has 13 heteroatoms. The summed E-state index contributed by atoms with van der Waals surface area (Å²) in [6.45, 7) is 14.7. The van der Waals surface area contributed by atoms with Crippen molar-refractivity contribution in [2.75, 3.05) is 17.6 Å². The average Bonchev–Trinajstić information content (AvgIpc) is 2.77. The number of anilines is 2. The lowest BCUT2D eigenvalue weighted by atomic mass is 10.0. The van der Waals surface area contributed by atoms with E-state index in [2.05, 4.69) is 55.1 Å². The highest BCUT2D eigenvalue weighted by molar-refractivity contribution is 6.74. The minimum Gasteiger partial charge on any atom is -0.465 e. The van der Waals surface area contributed by atoms with Crippen LogP contribution in [0.5, 0.6) is 0 Å². The molecule has 0 aliphatic carbocycles. The molecule has 9 N–H and O–H groups in total. The van der Waals surface area contributed by atoms with Gasteiger partial charge in [0.25, 0.3) is 0 Å². The summed E-state index contributed by atoms with van der Waals surface area (Å²) in [5.41, 5.74) is 13.0. The van der Waals surface area contributed by atoms with Gasteiger partial charge < -0.3 is 42.3 Å². The number of nitrogen functional groups attached to an aromatic ring is 1. The van der Waals surface area contributed by atoms with E-state index in [4.69, 9.17) is 21.0 Å². The number of benzene rings is 1. The number of carbonyl (C=O) groups excluding carboxylic acids is 3. The van der Waals surface area contributed by atoms with E-state index in [-0.39, 0.29) is 23.9 Å². The van der Waals surface area contributed by atoms with Gasteiger partial charge in [-0.2, -0.15) is 0 Å². The fourth-order valence-corrected chi connectivity index (χ4v) is 4.17. The topological polar surface area (TPSA) is 198 Å². The van der Waals surface area contributed by atoms with Gasteiger partial charge in [0.1, 0.15) is 12.1 Å². The molecule has 0 radical (unpaired) electrons. The molecule has 1 aromatic carbocycles. The molecule has 214 valence electrons. The molecule has 0 spiro atoms. The summed E-state index contributed by atoms with van der Waals surface area (Å²) in [5, 5.41) is 19.1. The van der Waals surface area contributed by atoms with Gasteiger partial charge >= 0.3 is 12.1 Å². The van der Waals surface area contributed by atoms with Crippen LogP contribution in [0.2, 0.25) is 18.1 Å².